The highest BCUT2D eigenvalue weighted by Gasteiger charge is 2.39. The molecule has 0 aromatic rings. The Kier molecular flexibility index (Phi) is 4.24. The molecule has 19 heavy (non-hydrogen) atoms. The number of aliphatic carboxylic acids is 1. The second kappa shape index (κ2) is 5.74. The topological polar surface area (TPSA) is 78.4 Å². The van der Waals surface area contributed by atoms with Gasteiger partial charge < -0.3 is 15.7 Å². The zero-order chi connectivity index (χ0) is 13.9. The Labute approximate surface area is 113 Å². The number of amides is 1. The standard InChI is InChI=1S/C14H22N2O3/c1-10(11-7-15-8-11)12(17)16-9-14(13(18)19)5-3-2-4-6-14/h15H,2-9H2,1H3,(H,16,17)(H,18,19). The molecule has 1 saturated carbocycles. The maximum atomic E-state index is 12.0. The highest BCUT2D eigenvalue weighted by Crippen LogP contribution is 2.36. The molecule has 0 unspecified atom stereocenters. The van der Waals surface area contributed by atoms with Gasteiger partial charge in [0.2, 0.25) is 5.91 Å². The van der Waals surface area contributed by atoms with E-state index in [9.17, 15) is 14.7 Å². The zero-order valence-corrected chi connectivity index (χ0v) is 11.4. The number of carboxylic acid groups (broad SMARTS) is 1. The van der Waals surface area contributed by atoms with Crippen molar-refractivity contribution in [3.05, 3.63) is 11.1 Å². The van der Waals surface area contributed by atoms with Crippen molar-refractivity contribution in [2.24, 2.45) is 5.41 Å². The molecule has 1 heterocycles. The van der Waals surface area contributed by atoms with Crippen LogP contribution in [-0.2, 0) is 9.59 Å². The number of carboxylic acids is 1. The van der Waals surface area contributed by atoms with Crippen LogP contribution in [-0.4, -0.2) is 36.6 Å². The van der Waals surface area contributed by atoms with Crippen molar-refractivity contribution < 1.29 is 14.7 Å². The molecule has 1 aliphatic carbocycles. The minimum Gasteiger partial charge on any atom is -0.481 e. The molecule has 2 rings (SSSR count). The first kappa shape index (κ1) is 14.1. The van der Waals surface area contributed by atoms with Crippen molar-refractivity contribution in [3.63, 3.8) is 0 Å². The largest absolute Gasteiger partial charge is 0.481 e. The monoisotopic (exact) mass is 266 g/mol. The molecule has 0 spiro atoms. The van der Waals surface area contributed by atoms with Crippen LogP contribution in [0.5, 0.6) is 0 Å². The first-order valence-corrected chi connectivity index (χ1v) is 6.96. The number of hydrogen-bond donors (Lipinski definition) is 3. The van der Waals surface area contributed by atoms with Crippen LogP contribution >= 0.6 is 0 Å². The van der Waals surface area contributed by atoms with Crippen molar-refractivity contribution in [3.8, 4) is 0 Å². The number of carbonyl (C=O) groups excluding carboxylic acids is 1. The summed E-state index contributed by atoms with van der Waals surface area (Å²) in [7, 11) is 0. The molecule has 1 amide bonds. The molecular weight excluding hydrogens is 244 g/mol. The maximum Gasteiger partial charge on any atom is 0.311 e. The van der Waals surface area contributed by atoms with E-state index in [1.807, 2.05) is 0 Å². The van der Waals surface area contributed by atoms with Crippen molar-refractivity contribution in [1.29, 1.82) is 0 Å². The van der Waals surface area contributed by atoms with Gasteiger partial charge in [-0.15, -0.1) is 0 Å². The van der Waals surface area contributed by atoms with Crippen LogP contribution in [0.1, 0.15) is 39.0 Å². The van der Waals surface area contributed by atoms with Gasteiger partial charge in [0.15, 0.2) is 0 Å². The van der Waals surface area contributed by atoms with Crippen LogP contribution in [0.25, 0.3) is 0 Å². The number of nitrogens with one attached hydrogen (secondary N) is 2. The van der Waals surface area contributed by atoms with Crippen LogP contribution in [0, 0.1) is 5.41 Å². The van der Waals surface area contributed by atoms with Gasteiger partial charge >= 0.3 is 5.97 Å². The Morgan fingerprint density at radius 1 is 1.26 bits per heavy atom. The lowest BCUT2D eigenvalue weighted by Gasteiger charge is -2.33. The Morgan fingerprint density at radius 3 is 2.37 bits per heavy atom. The molecule has 0 aromatic heterocycles. The zero-order valence-electron chi connectivity index (χ0n) is 11.4. The summed E-state index contributed by atoms with van der Waals surface area (Å²) < 4.78 is 0. The van der Waals surface area contributed by atoms with E-state index in [1.165, 1.54) is 0 Å². The molecule has 1 aliphatic heterocycles. The van der Waals surface area contributed by atoms with Gasteiger partial charge in [-0.05, 0) is 25.3 Å². The van der Waals surface area contributed by atoms with Gasteiger partial charge in [0.05, 0.1) is 5.41 Å². The molecule has 0 aromatic carbocycles. The predicted molar refractivity (Wildman–Crippen MR) is 71.7 cm³/mol. The van der Waals surface area contributed by atoms with Gasteiger partial charge in [-0.2, -0.15) is 0 Å². The minimum atomic E-state index is -0.775. The molecule has 5 nitrogen and oxygen atoms in total. The van der Waals surface area contributed by atoms with Crippen LogP contribution in [0.2, 0.25) is 0 Å². The summed E-state index contributed by atoms with van der Waals surface area (Å²) in [6.07, 6.45) is 4.30. The normalized spacial score (nSPS) is 21.4. The first-order valence-electron chi connectivity index (χ1n) is 6.96. The average molecular weight is 266 g/mol. The smallest absolute Gasteiger partial charge is 0.311 e. The highest BCUT2D eigenvalue weighted by atomic mass is 16.4. The Hall–Kier alpha value is -1.36. The third kappa shape index (κ3) is 2.97. The molecule has 2 aliphatic rings. The van der Waals surface area contributed by atoms with Gasteiger partial charge in [-0.3, -0.25) is 9.59 Å². The van der Waals surface area contributed by atoms with Crippen LogP contribution in [0.4, 0.5) is 0 Å². The molecule has 3 N–H and O–H groups in total. The minimum absolute atomic E-state index is 0.123. The summed E-state index contributed by atoms with van der Waals surface area (Å²) >= 11 is 0. The van der Waals surface area contributed by atoms with E-state index in [4.69, 9.17) is 0 Å². The van der Waals surface area contributed by atoms with Crippen LogP contribution in [0.3, 0.4) is 0 Å². The van der Waals surface area contributed by atoms with E-state index in [-0.39, 0.29) is 12.5 Å². The number of carbonyl (C=O) groups is 2. The SMILES string of the molecule is CC(C(=O)NCC1(C(=O)O)CCCCC1)=C1CNC1. The Morgan fingerprint density at radius 2 is 1.89 bits per heavy atom. The van der Waals surface area contributed by atoms with E-state index < -0.39 is 11.4 Å². The maximum absolute atomic E-state index is 12.0. The van der Waals surface area contributed by atoms with Crippen LogP contribution in [0.15, 0.2) is 11.1 Å². The molecule has 2 fully saturated rings. The third-order valence-corrected chi connectivity index (χ3v) is 4.40. The van der Waals surface area contributed by atoms with Crippen molar-refractivity contribution in [1.82, 2.24) is 10.6 Å². The van der Waals surface area contributed by atoms with Gasteiger partial charge in [-0.25, -0.2) is 0 Å². The lowest BCUT2D eigenvalue weighted by atomic mass is 9.74. The van der Waals surface area contributed by atoms with Crippen LogP contribution < -0.4 is 10.6 Å². The van der Waals surface area contributed by atoms with Gasteiger partial charge in [-0.1, -0.05) is 19.3 Å². The van der Waals surface area contributed by atoms with Crippen molar-refractivity contribution in [2.45, 2.75) is 39.0 Å². The molecular formula is C14H22N2O3. The molecule has 0 bridgehead atoms. The summed E-state index contributed by atoms with van der Waals surface area (Å²) in [5, 5.41) is 15.3. The quantitative estimate of drug-likeness (QED) is 0.665. The van der Waals surface area contributed by atoms with Crippen molar-refractivity contribution >= 4 is 11.9 Å². The summed E-state index contributed by atoms with van der Waals surface area (Å²) in [5.74, 6) is -0.897. The van der Waals surface area contributed by atoms with E-state index in [0.29, 0.717) is 12.8 Å². The van der Waals surface area contributed by atoms with Crippen molar-refractivity contribution in [2.75, 3.05) is 19.6 Å². The Bertz CT molecular complexity index is 403. The summed E-state index contributed by atoms with van der Waals surface area (Å²) in [6, 6.07) is 0. The summed E-state index contributed by atoms with van der Waals surface area (Å²) in [4.78, 5) is 23.5. The van der Waals surface area contributed by atoms with Gasteiger partial charge in [0.25, 0.3) is 0 Å². The van der Waals surface area contributed by atoms with E-state index >= 15 is 0 Å². The number of rotatable bonds is 4. The van der Waals surface area contributed by atoms with E-state index in [1.54, 1.807) is 6.92 Å². The third-order valence-electron chi connectivity index (χ3n) is 4.40. The second-order valence-electron chi connectivity index (χ2n) is 5.66. The molecule has 0 atom stereocenters. The average Bonchev–Trinajstić information content (AvgIpc) is 2.34. The van der Waals surface area contributed by atoms with Gasteiger partial charge in [0.1, 0.15) is 0 Å². The van der Waals surface area contributed by atoms with Gasteiger partial charge in [0, 0.05) is 25.2 Å². The van der Waals surface area contributed by atoms with E-state index in [0.717, 1.165) is 43.5 Å². The molecule has 106 valence electrons. The number of hydrogen-bond acceptors (Lipinski definition) is 3. The molecule has 0 radical (unpaired) electrons. The predicted octanol–water partition coefficient (Wildman–Crippen LogP) is 1.06. The van der Waals surface area contributed by atoms with E-state index in [2.05, 4.69) is 10.6 Å². The lowest BCUT2D eigenvalue weighted by Crippen LogP contribution is -2.45. The Balaban J connectivity index is 1.95. The molecule has 1 saturated heterocycles. The lowest BCUT2D eigenvalue weighted by molar-refractivity contribution is -0.150. The second-order valence-corrected chi connectivity index (χ2v) is 5.66. The fraction of sp³-hybridized carbons (Fsp3) is 0.714. The molecule has 5 heteroatoms. The summed E-state index contributed by atoms with van der Waals surface area (Å²) in [5.41, 5.74) is 1.09. The first-order chi connectivity index (χ1) is 9.05. The summed E-state index contributed by atoms with van der Waals surface area (Å²) in [6.45, 7) is 3.59. The fourth-order valence-electron chi connectivity index (χ4n) is 2.75. The highest BCUT2D eigenvalue weighted by molar-refractivity contribution is 5.94. The fourth-order valence-corrected chi connectivity index (χ4v) is 2.75.